The molecule has 9 heteroatoms. The van der Waals surface area contributed by atoms with Crippen LogP contribution in [-0.2, 0) is 28.9 Å². The van der Waals surface area contributed by atoms with Crippen LogP contribution in [0.2, 0.25) is 0 Å². The molecule has 0 atom stereocenters. The highest BCUT2D eigenvalue weighted by molar-refractivity contribution is 7.99. The summed E-state index contributed by atoms with van der Waals surface area (Å²) in [7, 11) is 0. The molecule has 0 fully saturated rings. The number of rotatable bonds is 6. The van der Waals surface area contributed by atoms with Crippen LogP contribution in [-0.4, -0.2) is 33.9 Å². The van der Waals surface area contributed by atoms with Crippen LogP contribution in [0.1, 0.15) is 37.1 Å². The molecule has 2 heterocycles. The molecular weight excluding hydrogens is 374 g/mol. The van der Waals surface area contributed by atoms with Crippen LogP contribution in [0.25, 0.3) is 10.2 Å². The number of thioether (sulfide) groups is 1. The van der Waals surface area contributed by atoms with Gasteiger partial charge in [-0.05, 0) is 38.2 Å². The van der Waals surface area contributed by atoms with Gasteiger partial charge in [0, 0.05) is 11.4 Å². The van der Waals surface area contributed by atoms with E-state index < -0.39 is 12.0 Å². The Balaban J connectivity index is 1.85. The van der Waals surface area contributed by atoms with E-state index in [0.29, 0.717) is 11.7 Å². The first-order valence-corrected chi connectivity index (χ1v) is 10.5. The topological polar surface area (TPSA) is 90.3 Å². The van der Waals surface area contributed by atoms with Gasteiger partial charge in [0.15, 0.2) is 5.16 Å². The number of carbonyl (C=O) groups is 2. The van der Waals surface area contributed by atoms with Crippen molar-refractivity contribution in [3.8, 4) is 0 Å². The molecule has 1 aliphatic carbocycles. The van der Waals surface area contributed by atoms with Crippen molar-refractivity contribution in [1.82, 2.24) is 14.9 Å². The molecule has 7 nitrogen and oxygen atoms in total. The third-order valence-corrected chi connectivity index (χ3v) is 6.25. The van der Waals surface area contributed by atoms with Crippen LogP contribution in [0.3, 0.4) is 0 Å². The number of carbonyl (C=O) groups excluding carboxylic acids is 2. The standard InChI is InChI=1S/C17H21N3O4S2/c1-3-8-20-15(22)13-10-6-5-7-11(10)26-14(13)19-16(20)25-9-12(21)18-17(23)24-4-2/h3-9H2,1-2H3,(H,18,21,23). The van der Waals surface area contributed by atoms with E-state index in [1.54, 1.807) is 22.8 Å². The van der Waals surface area contributed by atoms with Gasteiger partial charge in [0.1, 0.15) is 4.83 Å². The van der Waals surface area contributed by atoms with E-state index in [0.717, 1.165) is 53.2 Å². The Morgan fingerprint density at radius 1 is 1.35 bits per heavy atom. The number of nitrogens with zero attached hydrogens (tertiary/aromatic N) is 2. The largest absolute Gasteiger partial charge is 0.450 e. The highest BCUT2D eigenvalue weighted by Crippen LogP contribution is 2.35. The Labute approximate surface area is 159 Å². The first-order valence-electron chi connectivity index (χ1n) is 8.69. The zero-order chi connectivity index (χ0) is 18.7. The van der Waals surface area contributed by atoms with E-state index in [2.05, 4.69) is 15.0 Å². The van der Waals surface area contributed by atoms with Gasteiger partial charge in [-0.15, -0.1) is 11.3 Å². The third kappa shape index (κ3) is 3.78. The second kappa shape index (κ2) is 8.22. The molecule has 2 aromatic rings. The summed E-state index contributed by atoms with van der Waals surface area (Å²) < 4.78 is 6.34. The number of ether oxygens (including phenoxy) is 1. The molecule has 0 aliphatic heterocycles. The number of fused-ring (bicyclic) bond motifs is 3. The number of nitrogens with one attached hydrogen (secondary N) is 1. The Bertz CT molecular complexity index is 904. The van der Waals surface area contributed by atoms with Gasteiger partial charge in [-0.25, -0.2) is 9.78 Å². The zero-order valence-electron chi connectivity index (χ0n) is 14.8. The van der Waals surface area contributed by atoms with E-state index in [1.165, 1.54) is 4.88 Å². The van der Waals surface area contributed by atoms with E-state index in [-0.39, 0.29) is 17.9 Å². The van der Waals surface area contributed by atoms with E-state index in [4.69, 9.17) is 0 Å². The molecule has 0 saturated carbocycles. The van der Waals surface area contributed by atoms with Crippen molar-refractivity contribution in [1.29, 1.82) is 0 Å². The first kappa shape index (κ1) is 18.9. The van der Waals surface area contributed by atoms with Gasteiger partial charge < -0.3 is 4.74 Å². The zero-order valence-corrected chi connectivity index (χ0v) is 16.4. The van der Waals surface area contributed by atoms with Crippen LogP contribution >= 0.6 is 23.1 Å². The molecule has 0 unspecified atom stereocenters. The predicted molar refractivity (Wildman–Crippen MR) is 102 cm³/mol. The maximum atomic E-state index is 13.0. The fraction of sp³-hybridized carbons (Fsp3) is 0.529. The van der Waals surface area contributed by atoms with E-state index in [1.807, 2.05) is 6.92 Å². The minimum atomic E-state index is -0.762. The summed E-state index contributed by atoms with van der Waals surface area (Å²) in [5.74, 6) is -0.481. The molecular formula is C17H21N3O4S2. The second-order valence-corrected chi connectivity index (χ2v) is 7.97. The molecule has 2 aromatic heterocycles. The maximum Gasteiger partial charge on any atom is 0.413 e. The van der Waals surface area contributed by atoms with Crippen LogP contribution in [0.5, 0.6) is 0 Å². The minimum absolute atomic E-state index is 0.00837. The summed E-state index contributed by atoms with van der Waals surface area (Å²) in [6.45, 7) is 4.41. The molecule has 1 N–H and O–H groups in total. The molecule has 26 heavy (non-hydrogen) atoms. The number of alkyl carbamates (subject to hydrolysis) is 1. The monoisotopic (exact) mass is 395 g/mol. The quantitative estimate of drug-likeness (QED) is 0.597. The first-order chi connectivity index (χ1) is 12.5. The fourth-order valence-corrected chi connectivity index (χ4v) is 5.16. The molecule has 2 amide bonds. The van der Waals surface area contributed by atoms with Gasteiger partial charge >= 0.3 is 6.09 Å². The lowest BCUT2D eigenvalue weighted by Crippen LogP contribution is -2.32. The SMILES string of the molecule is CCCn1c(SCC(=O)NC(=O)OCC)nc2sc3c(c2c1=O)CCC3. The lowest BCUT2D eigenvalue weighted by molar-refractivity contribution is -0.117. The molecule has 0 bridgehead atoms. The number of imide groups is 1. The molecule has 0 aromatic carbocycles. The third-order valence-electron chi connectivity index (χ3n) is 4.09. The average Bonchev–Trinajstić information content (AvgIpc) is 3.16. The molecule has 140 valence electrons. The summed E-state index contributed by atoms with van der Waals surface area (Å²) in [6, 6.07) is 0. The van der Waals surface area contributed by atoms with Gasteiger partial charge in [-0.3, -0.25) is 19.5 Å². The lowest BCUT2D eigenvalue weighted by atomic mass is 10.2. The summed E-state index contributed by atoms with van der Waals surface area (Å²) in [5.41, 5.74) is 1.13. The highest BCUT2D eigenvalue weighted by Gasteiger charge is 2.23. The van der Waals surface area contributed by atoms with Gasteiger partial charge in [-0.2, -0.15) is 0 Å². The van der Waals surface area contributed by atoms with Crippen molar-refractivity contribution in [3.05, 3.63) is 20.8 Å². The van der Waals surface area contributed by atoms with E-state index in [9.17, 15) is 14.4 Å². The van der Waals surface area contributed by atoms with Crippen LogP contribution in [0.4, 0.5) is 4.79 Å². The summed E-state index contributed by atoms with van der Waals surface area (Å²) in [6.07, 6.45) is 3.07. The number of amides is 2. The Morgan fingerprint density at radius 3 is 2.88 bits per heavy atom. The normalized spacial score (nSPS) is 13.0. The highest BCUT2D eigenvalue weighted by atomic mass is 32.2. The summed E-state index contributed by atoms with van der Waals surface area (Å²) in [5, 5.41) is 3.42. The van der Waals surface area contributed by atoms with Gasteiger partial charge in [0.2, 0.25) is 5.91 Å². The van der Waals surface area contributed by atoms with Crippen LogP contribution in [0, 0.1) is 0 Å². The number of aromatic nitrogens is 2. The Morgan fingerprint density at radius 2 is 2.15 bits per heavy atom. The lowest BCUT2D eigenvalue weighted by Gasteiger charge is -2.11. The van der Waals surface area contributed by atoms with Gasteiger partial charge in [-0.1, -0.05) is 18.7 Å². The molecule has 1 aliphatic rings. The van der Waals surface area contributed by atoms with Crippen molar-refractivity contribution in [2.75, 3.05) is 12.4 Å². The Hall–Kier alpha value is -1.87. The minimum Gasteiger partial charge on any atom is -0.450 e. The average molecular weight is 396 g/mol. The molecule has 3 rings (SSSR count). The van der Waals surface area contributed by atoms with Gasteiger partial charge in [0.05, 0.1) is 17.7 Å². The molecule has 0 radical (unpaired) electrons. The summed E-state index contributed by atoms with van der Waals surface area (Å²) >= 11 is 2.74. The number of hydrogen-bond acceptors (Lipinski definition) is 7. The van der Waals surface area contributed by atoms with Crippen molar-refractivity contribution < 1.29 is 14.3 Å². The van der Waals surface area contributed by atoms with Crippen molar-refractivity contribution in [3.63, 3.8) is 0 Å². The number of hydrogen-bond donors (Lipinski definition) is 1. The maximum absolute atomic E-state index is 13.0. The second-order valence-electron chi connectivity index (χ2n) is 5.95. The fourth-order valence-electron chi connectivity index (χ4n) is 3.04. The number of aryl methyl sites for hydroxylation is 2. The van der Waals surface area contributed by atoms with Gasteiger partial charge in [0.25, 0.3) is 5.56 Å². The Kier molecular flexibility index (Phi) is 5.98. The summed E-state index contributed by atoms with van der Waals surface area (Å²) in [4.78, 5) is 42.9. The molecule has 0 saturated heterocycles. The smallest absolute Gasteiger partial charge is 0.413 e. The van der Waals surface area contributed by atoms with Crippen LogP contribution in [0.15, 0.2) is 9.95 Å². The predicted octanol–water partition coefficient (Wildman–Crippen LogP) is 2.72. The van der Waals surface area contributed by atoms with Crippen molar-refractivity contribution in [2.24, 2.45) is 0 Å². The van der Waals surface area contributed by atoms with Crippen molar-refractivity contribution in [2.45, 2.75) is 51.2 Å². The molecule has 0 spiro atoms. The van der Waals surface area contributed by atoms with Crippen molar-refractivity contribution >= 4 is 45.3 Å². The van der Waals surface area contributed by atoms with Crippen LogP contribution < -0.4 is 10.9 Å². The number of thiophene rings is 1. The van der Waals surface area contributed by atoms with E-state index >= 15 is 0 Å².